The van der Waals surface area contributed by atoms with Gasteiger partial charge in [-0.25, -0.2) is 4.98 Å². The summed E-state index contributed by atoms with van der Waals surface area (Å²) in [6.45, 7) is 2.16. The van der Waals surface area contributed by atoms with Gasteiger partial charge in [0.25, 0.3) is 11.6 Å². The molecule has 3 rings (SSSR count). The summed E-state index contributed by atoms with van der Waals surface area (Å²) in [5.41, 5.74) is -0.117. The summed E-state index contributed by atoms with van der Waals surface area (Å²) < 4.78 is 10.9. The molecule has 0 aliphatic heterocycles. The zero-order chi connectivity index (χ0) is 20.8. The van der Waals surface area contributed by atoms with Gasteiger partial charge >= 0.3 is 0 Å². The van der Waals surface area contributed by atoms with E-state index in [9.17, 15) is 20.2 Å². The van der Waals surface area contributed by atoms with Crippen LogP contribution in [0.4, 0.5) is 10.8 Å². The number of nitrogens with zero attached hydrogens (tertiary/aromatic N) is 3. The van der Waals surface area contributed by atoms with Crippen LogP contribution in [0, 0.1) is 21.4 Å². The van der Waals surface area contributed by atoms with Crippen molar-refractivity contribution in [3.05, 3.63) is 63.4 Å². The number of aromatic nitrogens is 1. The van der Waals surface area contributed by atoms with Crippen LogP contribution in [-0.4, -0.2) is 22.4 Å². The van der Waals surface area contributed by atoms with E-state index in [2.05, 4.69) is 10.3 Å². The Hall–Kier alpha value is -3.97. The normalized spacial score (nSPS) is 11.0. The second-order valence-corrected chi connectivity index (χ2v) is 6.43. The number of carbonyl (C=O) groups excluding carboxylic acids is 1. The quantitative estimate of drug-likeness (QED) is 0.266. The molecule has 1 N–H and O–H groups in total. The van der Waals surface area contributed by atoms with Crippen molar-refractivity contribution in [2.24, 2.45) is 0 Å². The third-order valence-corrected chi connectivity index (χ3v) is 4.36. The molecule has 0 unspecified atom stereocenters. The molecule has 0 fully saturated rings. The van der Waals surface area contributed by atoms with Gasteiger partial charge in [0.15, 0.2) is 5.13 Å². The number of anilines is 1. The summed E-state index contributed by atoms with van der Waals surface area (Å²) in [7, 11) is 0. The summed E-state index contributed by atoms with van der Waals surface area (Å²) in [6.07, 6.45) is 2.78. The number of hydrogen-bond acceptors (Lipinski definition) is 8. The van der Waals surface area contributed by atoms with Crippen LogP contribution < -0.4 is 10.1 Å². The lowest BCUT2D eigenvalue weighted by molar-refractivity contribution is -0.384. The van der Waals surface area contributed by atoms with E-state index in [0.717, 1.165) is 0 Å². The number of nitriles is 1. The molecule has 0 saturated heterocycles. The fourth-order valence-electron chi connectivity index (χ4n) is 2.44. The molecule has 1 amide bonds. The lowest BCUT2D eigenvalue weighted by Gasteiger charge is -2.05. The first-order chi connectivity index (χ1) is 14.0. The maximum absolute atomic E-state index is 12.2. The highest BCUT2D eigenvalue weighted by Gasteiger charge is 2.20. The van der Waals surface area contributed by atoms with Crippen molar-refractivity contribution in [1.82, 2.24) is 4.98 Å². The highest BCUT2D eigenvalue weighted by molar-refractivity contribution is 7.13. The predicted molar refractivity (Wildman–Crippen MR) is 106 cm³/mol. The van der Waals surface area contributed by atoms with E-state index >= 15 is 0 Å². The molecule has 0 saturated carbocycles. The van der Waals surface area contributed by atoms with Gasteiger partial charge in [0.1, 0.15) is 28.9 Å². The lowest BCUT2D eigenvalue weighted by Crippen LogP contribution is -2.13. The number of nitro groups is 1. The first kappa shape index (κ1) is 19.8. The van der Waals surface area contributed by atoms with Crippen molar-refractivity contribution in [1.29, 1.82) is 5.26 Å². The second kappa shape index (κ2) is 8.81. The fraction of sp³-hybridized carbons (Fsp3) is 0.105. The molecule has 0 atom stereocenters. The summed E-state index contributed by atoms with van der Waals surface area (Å²) >= 11 is 1.22. The van der Waals surface area contributed by atoms with Crippen LogP contribution in [0.1, 0.15) is 12.7 Å². The maximum Gasteiger partial charge on any atom is 0.284 e. The third kappa shape index (κ3) is 4.66. The van der Waals surface area contributed by atoms with Crippen LogP contribution in [0.2, 0.25) is 0 Å². The van der Waals surface area contributed by atoms with Crippen molar-refractivity contribution in [2.45, 2.75) is 6.92 Å². The number of carbonyl (C=O) groups is 1. The summed E-state index contributed by atoms with van der Waals surface area (Å²) in [4.78, 5) is 27.0. The Labute approximate surface area is 169 Å². The van der Waals surface area contributed by atoms with Crippen molar-refractivity contribution in [3.8, 4) is 23.1 Å². The molecule has 0 spiro atoms. The molecule has 0 aliphatic rings. The molecule has 146 valence electrons. The Balaban J connectivity index is 1.88. The molecule has 10 heteroatoms. The van der Waals surface area contributed by atoms with Gasteiger partial charge in [0.05, 0.1) is 23.2 Å². The molecule has 3 aromatic rings. The molecule has 29 heavy (non-hydrogen) atoms. The Kier molecular flexibility index (Phi) is 6.01. The average Bonchev–Trinajstić information content (AvgIpc) is 3.38. The maximum atomic E-state index is 12.2. The van der Waals surface area contributed by atoms with Crippen molar-refractivity contribution >= 4 is 34.1 Å². The smallest absolute Gasteiger partial charge is 0.284 e. The summed E-state index contributed by atoms with van der Waals surface area (Å²) in [6, 6.07) is 9.30. The number of ether oxygens (including phenoxy) is 1. The molecule has 2 aromatic heterocycles. The number of thiazole rings is 1. The SMILES string of the molecule is CCOc1ccc(-c2ccc(/C=C(/C#N)C(=O)Nc3nccs3)o2)c([N+](=O)[O-])c1. The van der Waals surface area contributed by atoms with Crippen LogP contribution in [0.25, 0.3) is 17.4 Å². The minimum atomic E-state index is -0.632. The first-order valence-electron chi connectivity index (χ1n) is 8.36. The van der Waals surface area contributed by atoms with Crippen LogP contribution in [0.5, 0.6) is 5.75 Å². The Bertz CT molecular complexity index is 1110. The van der Waals surface area contributed by atoms with E-state index in [1.807, 2.05) is 0 Å². The largest absolute Gasteiger partial charge is 0.494 e. The lowest BCUT2D eigenvalue weighted by atomic mass is 10.1. The van der Waals surface area contributed by atoms with E-state index in [1.54, 1.807) is 24.4 Å². The highest BCUT2D eigenvalue weighted by atomic mass is 32.1. The molecule has 1 aromatic carbocycles. The van der Waals surface area contributed by atoms with E-state index < -0.39 is 10.8 Å². The number of nitrogens with one attached hydrogen (secondary N) is 1. The minimum Gasteiger partial charge on any atom is -0.494 e. The number of furan rings is 1. The van der Waals surface area contributed by atoms with E-state index in [-0.39, 0.29) is 28.3 Å². The summed E-state index contributed by atoms with van der Waals surface area (Å²) in [5.74, 6) is 0.172. The van der Waals surface area contributed by atoms with Crippen molar-refractivity contribution in [2.75, 3.05) is 11.9 Å². The van der Waals surface area contributed by atoms with Crippen LogP contribution in [-0.2, 0) is 4.79 Å². The van der Waals surface area contributed by atoms with Crippen LogP contribution in [0.15, 0.2) is 51.9 Å². The van der Waals surface area contributed by atoms with Crippen molar-refractivity contribution < 1.29 is 18.9 Å². The molecule has 0 aliphatic carbocycles. The second-order valence-electron chi connectivity index (χ2n) is 5.53. The van der Waals surface area contributed by atoms with E-state index in [4.69, 9.17) is 9.15 Å². The number of rotatable bonds is 7. The fourth-order valence-corrected chi connectivity index (χ4v) is 2.97. The molecular formula is C19H14N4O5S. The van der Waals surface area contributed by atoms with Crippen LogP contribution in [0.3, 0.4) is 0 Å². The molecule has 0 bridgehead atoms. The Morgan fingerprint density at radius 2 is 2.28 bits per heavy atom. The molecule has 2 heterocycles. The average molecular weight is 410 g/mol. The predicted octanol–water partition coefficient (Wildman–Crippen LogP) is 4.26. The van der Waals surface area contributed by atoms with Gasteiger partial charge in [-0.2, -0.15) is 5.26 Å². The van der Waals surface area contributed by atoms with Gasteiger partial charge in [-0.05, 0) is 31.2 Å². The number of nitro benzene ring substituents is 1. The van der Waals surface area contributed by atoms with Gasteiger partial charge in [0, 0.05) is 17.7 Å². The van der Waals surface area contributed by atoms with E-state index in [1.165, 1.54) is 47.9 Å². The number of amides is 1. The first-order valence-corrected chi connectivity index (χ1v) is 9.24. The standard InChI is InChI=1S/C19H14N4O5S/c1-2-27-13-3-5-15(16(10-13)23(25)26)17-6-4-14(28-17)9-12(11-20)18(24)22-19-21-7-8-29-19/h3-10H,2H2,1H3,(H,21,22,24)/b12-9-. The van der Waals surface area contributed by atoms with Crippen molar-refractivity contribution in [3.63, 3.8) is 0 Å². The topological polar surface area (TPSA) is 131 Å². The number of benzene rings is 1. The molecular weight excluding hydrogens is 396 g/mol. The minimum absolute atomic E-state index is 0.178. The highest BCUT2D eigenvalue weighted by Crippen LogP contribution is 2.34. The monoisotopic (exact) mass is 410 g/mol. The molecule has 9 nitrogen and oxygen atoms in total. The van der Waals surface area contributed by atoms with Gasteiger partial charge in [-0.1, -0.05) is 0 Å². The Morgan fingerprint density at radius 3 is 2.93 bits per heavy atom. The molecule has 0 radical (unpaired) electrons. The van der Waals surface area contributed by atoms with Gasteiger partial charge in [-0.15, -0.1) is 11.3 Å². The third-order valence-electron chi connectivity index (χ3n) is 3.67. The number of hydrogen-bond donors (Lipinski definition) is 1. The van der Waals surface area contributed by atoms with Gasteiger partial charge in [0.2, 0.25) is 0 Å². The Morgan fingerprint density at radius 1 is 1.45 bits per heavy atom. The van der Waals surface area contributed by atoms with Crippen LogP contribution >= 0.6 is 11.3 Å². The van der Waals surface area contributed by atoms with Gasteiger partial charge in [-0.3, -0.25) is 20.2 Å². The zero-order valence-electron chi connectivity index (χ0n) is 15.1. The van der Waals surface area contributed by atoms with Gasteiger partial charge < -0.3 is 9.15 Å². The van der Waals surface area contributed by atoms with E-state index in [0.29, 0.717) is 17.5 Å². The summed E-state index contributed by atoms with van der Waals surface area (Å²) in [5, 5.41) is 25.2. The zero-order valence-corrected chi connectivity index (χ0v) is 15.9.